The molecule has 0 atom stereocenters. The number of amides is 1. The van der Waals surface area contributed by atoms with E-state index in [0.717, 1.165) is 16.6 Å². The molecule has 154 valence electrons. The Balaban J connectivity index is 1.38. The van der Waals surface area contributed by atoms with Crippen LogP contribution in [0.1, 0.15) is 24.1 Å². The predicted molar refractivity (Wildman–Crippen MR) is 110 cm³/mol. The highest BCUT2D eigenvalue weighted by molar-refractivity contribution is 7.88. The maximum atomic E-state index is 12.7. The zero-order valence-corrected chi connectivity index (χ0v) is 17.2. The normalized spacial score (nSPS) is 16.3. The second kappa shape index (κ2) is 7.60. The lowest BCUT2D eigenvalue weighted by Gasteiger charge is -2.30. The Bertz CT molecular complexity index is 1130. The molecule has 1 amide bonds. The maximum Gasteiger partial charge on any atom is 0.228 e. The number of hydrogen-bond acceptors (Lipinski definition) is 5. The molecule has 1 aliphatic heterocycles. The Hall–Kier alpha value is -2.72. The number of H-pyrrole nitrogens is 1. The van der Waals surface area contributed by atoms with Crippen LogP contribution in [-0.4, -0.2) is 51.7 Å². The summed E-state index contributed by atoms with van der Waals surface area (Å²) in [6.45, 7) is 2.55. The van der Waals surface area contributed by atoms with E-state index in [1.807, 2.05) is 37.3 Å². The van der Waals surface area contributed by atoms with Crippen molar-refractivity contribution in [1.82, 2.24) is 24.3 Å². The summed E-state index contributed by atoms with van der Waals surface area (Å²) in [7, 11) is -1.59. The first kappa shape index (κ1) is 19.6. The van der Waals surface area contributed by atoms with E-state index >= 15 is 0 Å². The van der Waals surface area contributed by atoms with E-state index in [4.69, 9.17) is 0 Å². The van der Waals surface area contributed by atoms with Crippen LogP contribution in [0.15, 0.2) is 30.3 Å². The molecular formula is C19H24N6O3S. The number of rotatable bonds is 5. The van der Waals surface area contributed by atoms with E-state index in [1.165, 1.54) is 4.31 Å². The lowest BCUT2D eigenvalue weighted by Crippen LogP contribution is -2.41. The summed E-state index contributed by atoms with van der Waals surface area (Å²) in [5.41, 5.74) is 2.23. The van der Waals surface area contributed by atoms with Crippen molar-refractivity contribution in [3.05, 3.63) is 41.6 Å². The van der Waals surface area contributed by atoms with Gasteiger partial charge in [0.05, 0.1) is 16.8 Å². The number of nitrogens with zero attached hydrogens (tertiary/aromatic N) is 4. The van der Waals surface area contributed by atoms with Gasteiger partial charge in [0, 0.05) is 26.1 Å². The highest BCUT2D eigenvalue weighted by Gasteiger charge is 2.31. The third-order valence-electron chi connectivity index (χ3n) is 5.37. The van der Waals surface area contributed by atoms with Crippen molar-refractivity contribution in [2.45, 2.75) is 25.5 Å². The molecule has 10 heteroatoms. The Morgan fingerprint density at radius 2 is 1.93 bits per heavy atom. The smallest absolute Gasteiger partial charge is 0.228 e. The van der Waals surface area contributed by atoms with Crippen LogP contribution in [0, 0.1) is 12.8 Å². The predicted octanol–water partition coefficient (Wildman–Crippen LogP) is 1.79. The number of sulfonamides is 1. The van der Waals surface area contributed by atoms with E-state index in [9.17, 15) is 13.2 Å². The Kier molecular flexibility index (Phi) is 5.13. The minimum atomic E-state index is -3.39. The van der Waals surface area contributed by atoms with Crippen molar-refractivity contribution >= 4 is 32.8 Å². The van der Waals surface area contributed by atoms with Crippen molar-refractivity contribution < 1.29 is 13.2 Å². The van der Waals surface area contributed by atoms with Gasteiger partial charge >= 0.3 is 0 Å². The Morgan fingerprint density at radius 3 is 2.62 bits per heavy atom. The van der Waals surface area contributed by atoms with Crippen molar-refractivity contribution in [3.63, 3.8) is 0 Å². The van der Waals surface area contributed by atoms with Crippen molar-refractivity contribution in [3.8, 4) is 0 Å². The number of carbonyl (C=O) groups is 1. The number of fused-ring (bicyclic) bond motifs is 1. The summed E-state index contributed by atoms with van der Waals surface area (Å²) in [6, 6.07) is 9.14. The van der Waals surface area contributed by atoms with Gasteiger partial charge < -0.3 is 5.32 Å². The molecule has 3 aromatic rings. The van der Waals surface area contributed by atoms with Crippen LogP contribution in [-0.2, 0) is 27.6 Å². The summed E-state index contributed by atoms with van der Waals surface area (Å²) in [6.07, 6.45) is 0.978. The van der Waals surface area contributed by atoms with E-state index in [2.05, 4.69) is 20.6 Å². The fraction of sp³-hybridized carbons (Fsp3) is 0.421. The van der Waals surface area contributed by atoms with Crippen LogP contribution in [0.3, 0.4) is 0 Å². The number of aromatic nitrogens is 4. The minimum absolute atomic E-state index is 0.0168. The molecule has 0 saturated carbocycles. The summed E-state index contributed by atoms with van der Waals surface area (Å²) < 4.78 is 28.5. The second-order valence-electron chi connectivity index (χ2n) is 7.41. The van der Waals surface area contributed by atoms with Gasteiger partial charge in [-0.15, -0.1) is 0 Å². The summed E-state index contributed by atoms with van der Waals surface area (Å²) in [5, 5.41) is 15.1. The van der Waals surface area contributed by atoms with Crippen LogP contribution < -0.4 is 5.32 Å². The van der Waals surface area contributed by atoms with Gasteiger partial charge in [-0.1, -0.05) is 30.3 Å². The average molecular weight is 417 g/mol. The first-order valence-corrected chi connectivity index (χ1v) is 11.2. The maximum absolute atomic E-state index is 12.7. The number of benzene rings is 1. The molecule has 4 rings (SSSR count). The van der Waals surface area contributed by atoms with Crippen LogP contribution in [0.25, 0.3) is 11.0 Å². The van der Waals surface area contributed by atoms with E-state index in [-0.39, 0.29) is 17.6 Å². The third kappa shape index (κ3) is 3.90. The van der Waals surface area contributed by atoms with Crippen LogP contribution in [0.4, 0.5) is 5.82 Å². The van der Waals surface area contributed by atoms with Gasteiger partial charge in [-0.2, -0.15) is 10.2 Å². The van der Waals surface area contributed by atoms with Gasteiger partial charge in [-0.05, 0) is 25.3 Å². The lowest BCUT2D eigenvalue weighted by atomic mass is 9.97. The molecule has 2 aromatic heterocycles. The lowest BCUT2D eigenvalue weighted by molar-refractivity contribution is -0.120. The largest absolute Gasteiger partial charge is 0.310 e. The molecule has 0 spiro atoms. The van der Waals surface area contributed by atoms with E-state index in [1.54, 1.807) is 11.7 Å². The average Bonchev–Trinajstić information content (AvgIpc) is 3.24. The van der Waals surface area contributed by atoms with Gasteiger partial charge in [0.25, 0.3) is 0 Å². The molecule has 29 heavy (non-hydrogen) atoms. The zero-order valence-electron chi connectivity index (χ0n) is 16.4. The number of hydrogen-bond donors (Lipinski definition) is 2. The SMILES string of the molecule is Cc1nn(C)c2n[nH]c(NC(=O)C3CCN(S(=O)(=O)Cc4ccccc4)CC3)c12. The zero-order chi connectivity index (χ0) is 20.6. The van der Waals surface area contributed by atoms with Crippen molar-refractivity contribution in [2.75, 3.05) is 18.4 Å². The second-order valence-corrected chi connectivity index (χ2v) is 9.38. The highest BCUT2D eigenvalue weighted by Crippen LogP contribution is 2.26. The van der Waals surface area contributed by atoms with Gasteiger partial charge in [0.1, 0.15) is 5.82 Å². The molecule has 0 radical (unpaired) electrons. The molecule has 0 bridgehead atoms. The molecule has 0 unspecified atom stereocenters. The first-order chi connectivity index (χ1) is 13.8. The third-order valence-corrected chi connectivity index (χ3v) is 7.22. The van der Waals surface area contributed by atoms with Crippen molar-refractivity contribution in [2.24, 2.45) is 13.0 Å². The summed E-state index contributed by atoms with van der Waals surface area (Å²) in [5.74, 6) is 0.152. The summed E-state index contributed by atoms with van der Waals surface area (Å²) >= 11 is 0. The standard InChI is InChI=1S/C19H24N6O3S/c1-13-16-17(21-22-18(16)24(2)23-13)20-19(26)15-8-10-25(11-9-15)29(27,28)12-14-6-4-3-5-7-14/h3-7,15H,8-12H2,1-2H3,(H2,20,21,22,26). The number of aryl methyl sites for hydroxylation is 2. The molecule has 9 nitrogen and oxygen atoms in total. The fourth-order valence-corrected chi connectivity index (χ4v) is 5.38. The topological polar surface area (TPSA) is 113 Å². The number of anilines is 1. The molecular weight excluding hydrogens is 392 g/mol. The number of piperidine rings is 1. The van der Waals surface area contributed by atoms with Crippen molar-refractivity contribution in [1.29, 1.82) is 0 Å². The van der Waals surface area contributed by atoms with Crippen LogP contribution in [0.5, 0.6) is 0 Å². The molecule has 3 heterocycles. The molecule has 1 aliphatic rings. The van der Waals surface area contributed by atoms with Crippen LogP contribution >= 0.6 is 0 Å². The molecule has 1 saturated heterocycles. The van der Waals surface area contributed by atoms with E-state index < -0.39 is 10.0 Å². The number of aromatic amines is 1. The number of carbonyl (C=O) groups excluding carboxylic acids is 1. The van der Waals surface area contributed by atoms with Gasteiger partial charge in [-0.25, -0.2) is 17.4 Å². The quantitative estimate of drug-likeness (QED) is 0.658. The highest BCUT2D eigenvalue weighted by atomic mass is 32.2. The fourth-order valence-electron chi connectivity index (χ4n) is 3.82. The first-order valence-electron chi connectivity index (χ1n) is 9.55. The monoisotopic (exact) mass is 416 g/mol. The molecule has 1 aromatic carbocycles. The Labute approximate surface area is 169 Å². The van der Waals surface area contributed by atoms with Gasteiger partial charge in [-0.3, -0.25) is 9.89 Å². The molecule has 1 fully saturated rings. The summed E-state index contributed by atoms with van der Waals surface area (Å²) in [4.78, 5) is 12.7. The molecule has 0 aliphatic carbocycles. The van der Waals surface area contributed by atoms with Gasteiger partial charge in [0.2, 0.25) is 15.9 Å². The molecule has 2 N–H and O–H groups in total. The van der Waals surface area contributed by atoms with Gasteiger partial charge in [0.15, 0.2) is 5.65 Å². The Morgan fingerprint density at radius 1 is 1.24 bits per heavy atom. The number of nitrogens with one attached hydrogen (secondary N) is 2. The minimum Gasteiger partial charge on any atom is -0.310 e. The van der Waals surface area contributed by atoms with Crippen LogP contribution in [0.2, 0.25) is 0 Å². The van der Waals surface area contributed by atoms with E-state index in [0.29, 0.717) is 37.4 Å².